The fourth-order valence-electron chi connectivity index (χ4n) is 4.99. The van der Waals surface area contributed by atoms with Crippen molar-refractivity contribution in [3.05, 3.63) is 130 Å². The number of rotatable bonds is 4. The second-order valence-electron chi connectivity index (χ2n) is 9.25. The standard InChI is InChI=1S/C33H20Br2N4/c34-25-18-24(19-26(35)20-25)32-36-31(23-16-14-22(15-17-23)21-8-2-1-3-9-21)37-33(38-32)39-29-12-6-4-10-27(29)28-11-5-7-13-30(28)39/h1-20H. The molecule has 4 nitrogen and oxygen atoms in total. The molecule has 5 aromatic carbocycles. The molecule has 0 atom stereocenters. The Bertz CT molecular complexity index is 1910. The number of hydrogen-bond donors (Lipinski definition) is 0. The lowest BCUT2D eigenvalue weighted by molar-refractivity contribution is 0.953. The minimum Gasteiger partial charge on any atom is -0.278 e. The van der Waals surface area contributed by atoms with Crippen LogP contribution in [0.25, 0.3) is 61.7 Å². The molecule has 7 aromatic rings. The summed E-state index contributed by atoms with van der Waals surface area (Å²) in [6.07, 6.45) is 0. The Labute approximate surface area is 242 Å². The minimum atomic E-state index is 0.579. The van der Waals surface area contributed by atoms with Crippen LogP contribution in [0.5, 0.6) is 0 Å². The summed E-state index contributed by atoms with van der Waals surface area (Å²) in [7, 11) is 0. The third-order valence-electron chi connectivity index (χ3n) is 6.77. The van der Waals surface area contributed by atoms with E-state index in [0.717, 1.165) is 47.4 Å². The number of halogens is 2. The third-order valence-corrected chi connectivity index (χ3v) is 7.69. The number of fused-ring (bicyclic) bond motifs is 3. The van der Waals surface area contributed by atoms with E-state index in [-0.39, 0.29) is 0 Å². The van der Waals surface area contributed by atoms with Gasteiger partial charge in [-0.15, -0.1) is 0 Å². The molecule has 0 saturated heterocycles. The van der Waals surface area contributed by atoms with Gasteiger partial charge in [-0.3, -0.25) is 4.57 Å². The molecule has 0 radical (unpaired) electrons. The van der Waals surface area contributed by atoms with E-state index in [1.807, 2.05) is 24.3 Å². The lowest BCUT2D eigenvalue weighted by atomic mass is 10.0. The number of aromatic nitrogens is 4. The van der Waals surface area contributed by atoms with Crippen molar-refractivity contribution in [3.63, 3.8) is 0 Å². The first-order valence-corrected chi connectivity index (χ1v) is 14.1. The Morgan fingerprint density at radius 3 is 1.54 bits per heavy atom. The molecule has 2 aromatic heterocycles. The van der Waals surface area contributed by atoms with Crippen molar-refractivity contribution < 1.29 is 0 Å². The van der Waals surface area contributed by atoms with Gasteiger partial charge in [-0.05, 0) is 41.5 Å². The molecule has 0 amide bonds. The molecular formula is C33H20Br2N4. The van der Waals surface area contributed by atoms with Crippen molar-refractivity contribution in [3.8, 4) is 39.9 Å². The van der Waals surface area contributed by atoms with Crippen LogP contribution in [-0.4, -0.2) is 19.5 Å². The molecule has 2 heterocycles. The van der Waals surface area contributed by atoms with Crippen LogP contribution < -0.4 is 0 Å². The molecule has 0 spiro atoms. The number of hydrogen-bond acceptors (Lipinski definition) is 3. The highest BCUT2D eigenvalue weighted by molar-refractivity contribution is 9.11. The average Bonchev–Trinajstić information content (AvgIpc) is 3.31. The van der Waals surface area contributed by atoms with Gasteiger partial charge >= 0.3 is 0 Å². The first kappa shape index (κ1) is 23.9. The molecule has 0 bridgehead atoms. The maximum atomic E-state index is 5.04. The first-order chi connectivity index (χ1) is 19.1. The molecule has 0 fully saturated rings. The van der Waals surface area contributed by atoms with Crippen LogP contribution in [0.3, 0.4) is 0 Å². The summed E-state index contributed by atoms with van der Waals surface area (Å²) in [6.45, 7) is 0. The van der Waals surface area contributed by atoms with Gasteiger partial charge in [0.25, 0.3) is 0 Å². The van der Waals surface area contributed by atoms with Crippen LogP contribution in [0.4, 0.5) is 0 Å². The van der Waals surface area contributed by atoms with Gasteiger partial charge in [-0.25, -0.2) is 4.98 Å². The van der Waals surface area contributed by atoms with Gasteiger partial charge in [0.05, 0.1) is 11.0 Å². The fourth-order valence-corrected chi connectivity index (χ4v) is 6.28. The quantitative estimate of drug-likeness (QED) is 0.194. The molecule has 0 N–H and O–H groups in total. The van der Waals surface area contributed by atoms with Crippen molar-refractivity contribution in [2.45, 2.75) is 0 Å². The van der Waals surface area contributed by atoms with E-state index in [1.165, 1.54) is 5.56 Å². The van der Waals surface area contributed by atoms with Gasteiger partial charge in [0, 0.05) is 30.8 Å². The van der Waals surface area contributed by atoms with Gasteiger partial charge in [0.15, 0.2) is 11.6 Å². The second-order valence-corrected chi connectivity index (χ2v) is 11.1. The van der Waals surface area contributed by atoms with Crippen molar-refractivity contribution in [2.75, 3.05) is 0 Å². The molecule has 186 valence electrons. The summed E-state index contributed by atoms with van der Waals surface area (Å²) in [6, 6.07) is 41.5. The van der Waals surface area contributed by atoms with Gasteiger partial charge in [0.2, 0.25) is 5.95 Å². The maximum absolute atomic E-state index is 5.04. The summed E-state index contributed by atoms with van der Waals surface area (Å²) in [5, 5.41) is 2.32. The Kier molecular flexibility index (Phi) is 6.06. The van der Waals surface area contributed by atoms with Crippen molar-refractivity contribution in [1.29, 1.82) is 0 Å². The van der Waals surface area contributed by atoms with E-state index in [2.05, 4.69) is 133 Å². The number of benzene rings is 5. The first-order valence-electron chi connectivity index (χ1n) is 12.5. The molecule has 39 heavy (non-hydrogen) atoms. The second kappa shape index (κ2) is 9.88. The SMILES string of the molecule is Brc1cc(Br)cc(-c2nc(-c3ccc(-c4ccccc4)cc3)nc(-n3c4ccccc4c4ccccc43)n2)c1. The molecular weight excluding hydrogens is 612 g/mol. The van der Waals surface area contributed by atoms with Crippen molar-refractivity contribution in [1.82, 2.24) is 19.5 Å². The lowest BCUT2D eigenvalue weighted by Gasteiger charge is -2.11. The van der Waals surface area contributed by atoms with Crippen molar-refractivity contribution in [2.24, 2.45) is 0 Å². The Morgan fingerprint density at radius 1 is 0.436 bits per heavy atom. The van der Waals surface area contributed by atoms with Gasteiger partial charge in [-0.1, -0.05) is 123 Å². The smallest absolute Gasteiger partial charge is 0.238 e. The highest BCUT2D eigenvalue weighted by atomic mass is 79.9. The van der Waals surface area contributed by atoms with Gasteiger partial charge in [0.1, 0.15) is 0 Å². The van der Waals surface area contributed by atoms with Crippen LogP contribution in [0.1, 0.15) is 0 Å². The van der Waals surface area contributed by atoms with E-state index in [1.54, 1.807) is 0 Å². The van der Waals surface area contributed by atoms with E-state index >= 15 is 0 Å². The zero-order chi connectivity index (χ0) is 26.3. The summed E-state index contributed by atoms with van der Waals surface area (Å²) in [4.78, 5) is 15.0. The van der Waals surface area contributed by atoms with Crippen LogP contribution in [0.15, 0.2) is 130 Å². The van der Waals surface area contributed by atoms with Crippen LogP contribution in [-0.2, 0) is 0 Å². The van der Waals surface area contributed by atoms with E-state index in [4.69, 9.17) is 15.0 Å². The summed E-state index contributed by atoms with van der Waals surface area (Å²) >= 11 is 7.24. The van der Waals surface area contributed by atoms with Gasteiger partial charge < -0.3 is 0 Å². The monoisotopic (exact) mass is 630 g/mol. The van der Waals surface area contributed by atoms with E-state index < -0.39 is 0 Å². The Hall–Kier alpha value is -4.13. The molecule has 0 aliphatic carbocycles. The number of nitrogens with zero attached hydrogens (tertiary/aromatic N) is 4. The summed E-state index contributed by atoms with van der Waals surface area (Å²) in [5.41, 5.74) is 6.24. The van der Waals surface area contributed by atoms with Crippen LogP contribution in [0, 0.1) is 0 Å². The molecule has 0 aliphatic heterocycles. The van der Waals surface area contributed by atoms with E-state index in [9.17, 15) is 0 Å². The normalized spacial score (nSPS) is 11.3. The summed E-state index contributed by atoms with van der Waals surface area (Å²) in [5.74, 6) is 1.80. The van der Waals surface area contributed by atoms with Crippen molar-refractivity contribution >= 4 is 53.7 Å². The zero-order valence-electron chi connectivity index (χ0n) is 20.6. The molecule has 0 aliphatic rings. The minimum absolute atomic E-state index is 0.579. The predicted molar refractivity (Wildman–Crippen MR) is 166 cm³/mol. The number of para-hydroxylation sites is 2. The maximum Gasteiger partial charge on any atom is 0.238 e. The van der Waals surface area contributed by atoms with Gasteiger partial charge in [-0.2, -0.15) is 9.97 Å². The molecule has 7 rings (SSSR count). The molecule has 0 unspecified atom stereocenters. The predicted octanol–water partition coefficient (Wildman–Crippen LogP) is 9.49. The Balaban J connectivity index is 1.47. The van der Waals surface area contributed by atoms with Crippen LogP contribution in [0.2, 0.25) is 0 Å². The summed E-state index contributed by atoms with van der Waals surface area (Å²) < 4.78 is 4.02. The third kappa shape index (κ3) is 4.46. The topological polar surface area (TPSA) is 43.6 Å². The fraction of sp³-hybridized carbons (Fsp3) is 0. The highest BCUT2D eigenvalue weighted by Crippen LogP contribution is 2.33. The Morgan fingerprint density at radius 2 is 0.923 bits per heavy atom. The lowest BCUT2D eigenvalue weighted by Crippen LogP contribution is -2.06. The van der Waals surface area contributed by atoms with Crippen LogP contribution >= 0.6 is 31.9 Å². The molecule has 0 saturated carbocycles. The highest BCUT2D eigenvalue weighted by Gasteiger charge is 2.18. The molecule has 6 heteroatoms. The average molecular weight is 632 g/mol. The largest absolute Gasteiger partial charge is 0.278 e. The zero-order valence-corrected chi connectivity index (χ0v) is 23.8. The van der Waals surface area contributed by atoms with E-state index in [0.29, 0.717) is 17.6 Å².